The molecule has 0 aliphatic heterocycles. The quantitative estimate of drug-likeness (QED) is 0.529. The van der Waals surface area contributed by atoms with Gasteiger partial charge in [0, 0.05) is 17.5 Å². The molecule has 0 unspecified atom stereocenters. The number of carbonyl (C=O) groups is 1. The predicted octanol–water partition coefficient (Wildman–Crippen LogP) is 6.03. The smallest absolute Gasteiger partial charge is 0.287 e. The Morgan fingerprint density at radius 1 is 0.962 bits per heavy atom. The average molecular weight is 349 g/mol. The number of furan rings is 1. The van der Waals surface area contributed by atoms with Crippen LogP contribution in [0.5, 0.6) is 0 Å². The zero-order valence-corrected chi connectivity index (χ0v) is 15.9. The average Bonchev–Trinajstić information content (AvgIpc) is 3.01. The van der Waals surface area contributed by atoms with Gasteiger partial charge in [0.1, 0.15) is 5.58 Å². The molecule has 2 aromatic carbocycles. The Balaban J connectivity index is 1.95. The summed E-state index contributed by atoms with van der Waals surface area (Å²) in [6, 6.07) is 14.3. The minimum absolute atomic E-state index is 0.133. The number of unbranched alkanes of at least 4 members (excludes halogenated alkanes) is 3. The fourth-order valence-corrected chi connectivity index (χ4v) is 3.21. The van der Waals surface area contributed by atoms with Gasteiger partial charge in [-0.3, -0.25) is 4.79 Å². The molecule has 0 spiro atoms. The zero-order chi connectivity index (χ0) is 18.5. The Morgan fingerprint density at radius 2 is 1.69 bits per heavy atom. The molecule has 0 bridgehead atoms. The molecular weight excluding hydrogens is 322 g/mol. The van der Waals surface area contributed by atoms with Crippen LogP contribution in [-0.4, -0.2) is 12.5 Å². The number of aryl methyl sites for hydroxylation is 2. The van der Waals surface area contributed by atoms with Gasteiger partial charge in [-0.2, -0.15) is 0 Å². The first-order valence-electron chi connectivity index (χ1n) is 9.48. The van der Waals surface area contributed by atoms with E-state index in [0.717, 1.165) is 40.5 Å². The second-order valence-electron chi connectivity index (χ2n) is 6.99. The Morgan fingerprint density at radius 3 is 2.42 bits per heavy atom. The summed E-state index contributed by atoms with van der Waals surface area (Å²) in [5.41, 5.74) is 4.99. The summed E-state index contributed by atoms with van der Waals surface area (Å²) in [7, 11) is 0. The van der Waals surface area contributed by atoms with Crippen molar-refractivity contribution in [2.45, 2.75) is 46.5 Å². The van der Waals surface area contributed by atoms with Gasteiger partial charge in [0.25, 0.3) is 5.91 Å². The predicted molar refractivity (Wildman–Crippen MR) is 108 cm³/mol. The molecular formula is C23H27NO2. The van der Waals surface area contributed by atoms with Crippen LogP contribution < -0.4 is 5.32 Å². The Kier molecular flexibility index (Phi) is 5.77. The maximum absolute atomic E-state index is 12.8. The van der Waals surface area contributed by atoms with Gasteiger partial charge < -0.3 is 9.73 Å². The minimum atomic E-state index is -0.133. The van der Waals surface area contributed by atoms with Crippen LogP contribution in [0, 0.1) is 13.8 Å². The highest BCUT2D eigenvalue weighted by atomic mass is 16.3. The standard InChI is InChI=1S/C23H27NO2/c1-4-5-6-7-14-24-23(25)22-21(18-11-8-16(2)9-12-18)19-15-17(3)10-13-20(19)26-22/h8-13,15H,4-7,14H2,1-3H3,(H,24,25). The van der Waals surface area contributed by atoms with E-state index in [4.69, 9.17) is 4.42 Å². The molecule has 3 aromatic rings. The summed E-state index contributed by atoms with van der Waals surface area (Å²) in [4.78, 5) is 12.8. The number of amides is 1. The number of nitrogens with one attached hydrogen (secondary N) is 1. The third-order valence-electron chi connectivity index (χ3n) is 4.71. The van der Waals surface area contributed by atoms with Crippen LogP contribution in [0.4, 0.5) is 0 Å². The molecule has 3 nitrogen and oxygen atoms in total. The molecule has 136 valence electrons. The van der Waals surface area contributed by atoms with Crippen LogP contribution in [0.3, 0.4) is 0 Å². The number of benzene rings is 2. The Hall–Kier alpha value is -2.55. The van der Waals surface area contributed by atoms with Crippen LogP contribution in [0.15, 0.2) is 46.9 Å². The molecule has 1 aromatic heterocycles. The van der Waals surface area contributed by atoms with Crippen molar-refractivity contribution in [2.24, 2.45) is 0 Å². The number of carbonyl (C=O) groups excluding carboxylic acids is 1. The third-order valence-corrected chi connectivity index (χ3v) is 4.71. The van der Waals surface area contributed by atoms with E-state index < -0.39 is 0 Å². The molecule has 0 radical (unpaired) electrons. The molecule has 26 heavy (non-hydrogen) atoms. The van der Waals surface area contributed by atoms with Crippen LogP contribution in [-0.2, 0) is 0 Å². The lowest BCUT2D eigenvalue weighted by Gasteiger charge is -2.06. The lowest BCUT2D eigenvalue weighted by Crippen LogP contribution is -2.24. The molecule has 3 heteroatoms. The normalized spacial score (nSPS) is 11.0. The lowest BCUT2D eigenvalue weighted by atomic mass is 9.99. The SMILES string of the molecule is CCCCCCNC(=O)c1oc2ccc(C)cc2c1-c1ccc(C)cc1. The van der Waals surface area contributed by atoms with Crippen LogP contribution >= 0.6 is 0 Å². The molecule has 0 fully saturated rings. The van der Waals surface area contributed by atoms with E-state index in [1.165, 1.54) is 18.4 Å². The summed E-state index contributed by atoms with van der Waals surface area (Å²) in [6.45, 7) is 6.98. The molecule has 0 aliphatic carbocycles. The monoisotopic (exact) mass is 349 g/mol. The first-order valence-corrected chi connectivity index (χ1v) is 9.48. The van der Waals surface area contributed by atoms with E-state index in [1.54, 1.807) is 0 Å². The Labute approximate surface area is 155 Å². The minimum Gasteiger partial charge on any atom is -0.450 e. The topological polar surface area (TPSA) is 42.2 Å². The van der Waals surface area contributed by atoms with Crippen LogP contribution in [0.1, 0.15) is 54.3 Å². The highest BCUT2D eigenvalue weighted by Crippen LogP contribution is 2.35. The maximum Gasteiger partial charge on any atom is 0.287 e. The molecule has 0 aliphatic rings. The highest BCUT2D eigenvalue weighted by molar-refractivity contribution is 6.08. The van der Waals surface area contributed by atoms with E-state index >= 15 is 0 Å². The van der Waals surface area contributed by atoms with Crippen molar-refractivity contribution in [3.8, 4) is 11.1 Å². The second kappa shape index (κ2) is 8.22. The van der Waals surface area contributed by atoms with Gasteiger partial charge >= 0.3 is 0 Å². The van der Waals surface area contributed by atoms with Gasteiger partial charge in [-0.1, -0.05) is 67.6 Å². The van der Waals surface area contributed by atoms with Crippen molar-refractivity contribution >= 4 is 16.9 Å². The van der Waals surface area contributed by atoms with Crippen LogP contribution in [0.25, 0.3) is 22.1 Å². The fourth-order valence-electron chi connectivity index (χ4n) is 3.21. The summed E-state index contributed by atoms with van der Waals surface area (Å²) in [6.07, 6.45) is 4.53. The van der Waals surface area contributed by atoms with Gasteiger partial charge in [0.15, 0.2) is 0 Å². The number of hydrogen-bond acceptors (Lipinski definition) is 2. The summed E-state index contributed by atoms with van der Waals surface area (Å²) in [5.74, 6) is 0.274. The third kappa shape index (κ3) is 3.98. The second-order valence-corrected chi connectivity index (χ2v) is 6.99. The first kappa shape index (κ1) is 18.2. The molecule has 0 saturated heterocycles. The maximum atomic E-state index is 12.8. The van der Waals surface area contributed by atoms with Gasteiger partial charge in [0.05, 0.1) is 0 Å². The van der Waals surface area contributed by atoms with E-state index in [9.17, 15) is 4.79 Å². The fraction of sp³-hybridized carbons (Fsp3) is 0.348. The van der Waals surface area contributed by atoms with Gasteiger partial charge in [-0.25, -0.2) is 0 Å². The highest BCUT2D eigenvalue weighted by Gasteiger charge is 2.21. The summed E-state index contributed by atoms with van der Waals surface area (Å²) < 4.78 is 5.97. The van der Waals surface area contributed by atoms with Crippen molar-refractivity contribution in [2.75, 3.05) is 6.54 Å². The Bertz CT molecular complexity index is 890. The molecule has 3 rings (SSSR count). The van der Waals surface area contributed by atoms with Gasteiger partial charge in [0.2, 0.25) is 5.76 Å². The van der Waals surface area contributed by atoms with E-state index in [0.29, 0.717) is 12.3 Å². The number of hydrogen-bond donors (Lipinski definition) is 1. The van der Waals surface area contributed by atoms with Crippen molar-refractivity contribution in [1.82, 2.24) is 5.32 Å². The zero-order valence-electron chi connectivity index (χ0n) is 15.9. The summed E-state index contributed by atoms with van der Waals surface area (Å²) >= 11 is 0. The van der Waals surface area contributed by atoms with Crippen LogP contribution in [0.2, 0.25) is 0 Å². The van der Waals surface area contributed by atoms with Gasteiger partial charge in [-0.05, 0) is 38.0 Å². The summed E-state index contributed by atoms with van der Waals surface area (Å²) in [5, 5.41) is 4.01. The van der Waals surface area contributed by atoms with Gasteiger partial charge in [-0.15, -0.1) is 0 Å². The number of fused-ring (bicyclic) bond motifs is 1. The van der Waals surface area contributed by atoms with E-state index in [1.807, 2.05) is 12.1 Å². The number of rotatable bonds is 7. The van der Waals surface area contributed by atoms with Crippen molar-refractivity contribution in [3.05, 3.63) is 59.4 Å². The molecule has 1 N–H and O–H groups in total. The molecule has 1 amide bonds. The van der Waals surface area contributed by atoms with E-state index in [-0.39, 0.29) is 5.91 Å². The molecule has 0 saturated carbocycles. The first-order chi connectivity index (χ1) is 12.6. The lowest BCUT2D eigenvalue weighted by molar-refractivity contribution is 0.0928. The molecule has 1 heterocycles. The van der Waals surface area contributed by atoms with Crippen molar-refractivity contribution in [3.63, 3.8) is 0 Å². The van der Waals surface area contributed by atoms with E-state index in [2.05, 4.69) is 56.4 Å². The van der Waals surface area contributed by atoms with Crippen molar-refractivity contribution in [1.29, 1.82) is 0 Å². The van der Waals surface area contributed by atoms with Crippen molar-refractivity contribution < 1.29 is 9.21 Å². The molecule has 0 atom stereocenters. The largest absolute Gasteiger partial charge is 0.450 e.